The molecule has 2 aliphatic rings. The molecule has 1 spiro atoms. The molecule has 23 heavy (non-hydrogen) atoms. The van der Waals surface area contributed by atoms with Crippen molar-refractivity contribution in [1.29, 1.82) is 0 Å². The van der Waals surface area contributed by atoms with Crippen molar-refractivity contribution in [3.05, 3.63) is 42.7 Å². The maximum Gasteiger partial charge on any atom is 0.141 e. The zero-order chi connectivity index (χ0) is 15.9. The minimum Gasteiger partial charge on any atom is -0.357 e. The van der Waals surface area contributed by atoms with Crippen molar-refractivity contribution in [2.75, 3.05) is 29.9 Å². The quantitative estimate of drug-likeness (QED) is 0.871. The fourth-order valence-electron chi connectivity index (χ4n) is 3.91. The van der Waals surface area contributed by atoms with E-state index < -0.39 is 0 Å². The molecule has 1 aliphatic heterocycles. The SMILES string of the molecule is CN(c1ccncn1)C1CC2(CCN(c3ccc(F)cn3)C2)C1. The molecule has 0 amide bonds. The van der Waals surface area contributed by atoms with E-state index >= 15 is 0 Å². The molecule has 1 saturated heterocycles. The molecular weight excluding hydrogens is 293 g/mol. The number of aromatic nitrogens is 3. The predicted molar refractivity (Wildman–Crippen MR) is 86.9 cm³/mol. The van der Waals surface area contributed by atoms with Crippen molar-refractivity contribution >= 4 is 11.6 Å². The second-order valence-electron chi connectivity index (χ2n) is 6.75. The van der Waals surface area contributed by atoms with E-state index in [2.05, 4.69) is 31.8 Å². The van der Waals surface area contributed by atoms with Crippen molar-refractivity contribution in [3.63, 3.8) is 0 Å². The summed E-state index contributed by atoms with van der Waals surface area (Å²) in [6, 6.07) is 5.75. The zero-order valence-electron chi connectivity index (χ0n) is 13.2. The van der Waals surface area contributed by atoms with Crippen molar-refractivity contribution in [1.82, 2.24) is 15.0 Å². The summed E-state index contributed by atoms with van der Waals surface area (Å²) in [6.07, 6.45) is 8.20. The van der Waals surface area contributed by atoms with E-state index in [1.54, 1.807) is 18.6 Å². The Kier molecular flexibility index (Phi) is 3.39. The number of pyridine rings is 1. The molecule has 2 aromatic heterocycles. The lowest BCUT2D eigenvalue weighted by atomic mass is 9.64. The standard InChI is InChI=1S/C17H20FN5/c1-22(15-4-6-19-12-21-15)14-8-17(9-14)5-7-23(11-17)16-3-2-13(18)10-20-16/h2-4,6,10,12,14H,5,7-9,11H2,1H3. The van der Waals surface area contributed by atoms with Crippen molar-refractivity contribution in [2.45, 2.75) is 25.3 Å². The average molecular weight is 313 g/mol. The number of halogens is 1. The van der Waals surface area contributed by atoms with Crippen molar-refractivity contribution in [2.24, 2.45) is 5.41 Å². The first kappa shape index (κ1) is 14.4. The molecule has 1 aliphatic carbocycles. The van der Waals surface area contributed by atoms with Gasteiger partial charge < -0.3 is 9.80 Å². The summed E-state index contributed by atoms with van der Waals surface area (Å²) in [4.78, 5) is 17.0. The first-order chi connectivity index (χ1) is 11.2. The van der Waals surface area contributed by atoms with Crippen LogP contribution >= 0.6 is 0 Å². The molecular formula is C17H20FN5. The molecule has 2 aromatic rings. The van der Waals surface area contributed by atoms with Gasteiger partial charge in [-0.25, -0.2) is 19.3 Å². The van der Waals surface area contributed by atoms with Gasteiger partial charge in [-0.05, 0) is 42.9 Å². The van der Waals surface area contributed by atoms with E-state index in [1.807, 2.05) is 6.07 Å². The van der Waals surface area contributed by atoms with E-state index in [0.717, 1.165) is 24.7 Å². The van der Waals surface area contributed by atoms with Gasteiger partial charge in [0.25, 0.3) is 0 Å². The van der Waals surface area contributed by atoms with Gasteiger partial charge in [0.15, 0.2) is 0 Å². The smallest absolute Gasteiger partial charge is 0.141 e. The van der Waals surface area contributed by atoms with Crippen LogP contribution in [0.1, 0.15) is 19.3 Å². The molecule has 0 N–H and O–H groups in total. The number of hydrogen-bond donors (Lipinski definition) is 0. The minimum absolute atomic E-state index is 0.280. The Morgan fingerprint density at radius 1 is 1.26 bits per heavy atom. The van der Waals surface area contributed by atoms with Crippen LogP contribution in [0.25, 0.3) is 0 Å². The second-order valence-corrected chi connectivity index (χ2v) is 6.75. The lowest BCUT2D eigenvalue weighted by Crippen LogP contribution is -2.51. The molecule has 6 heteroatoms. The summed E-state index contributed by atoms with van der Waals surface area (Å²) >= 11 is 0. The third kappa shape index (κ3) is 2.62. The van der Waals surface area contributed by atoms with Gasteiger partial charge in [0.1, 0.15) is 23.8 Å². The Hall–Kier alpha value is -2.24. The van der Waals surface area contributed by atoms with E-state index in [0.29, 0.717) is 11.5 Å². The van der Waals surface area contributed by atoms with Gasteiger partial charge in [0.2, 0.25) is 0 Å². The Morgan fingerprint density at radius 3 is 2.83 bits per heavy atom. The van der Waals surface area contributed by atoms with Crippen LogP contribution in [0.5, 0.6) is 0 Å². The minimum atomic E-state index is -0.280. The monoisotopic (exact) mass is 313 g/mol. The first-order valence-electron chi connectivity index (χ1n) is 8.01. The summed E-state index contributed by atoms with van der Waals surface area (Å²) in [5.41, 5.74) is 0.377. The van der Waals surface area contributed by atoms with E-state index in [4.69, 9.17) is 0 Å². The van der Waals surface area contributed by atoms with E-state index in [9.17, 15) is 4.39 Å². The van der Waals surface area contributed by atoms with Gasteiger partial charge in [-0.2, -0.15) is 0 Å². The maximum absolute atomic E-state index is 13.0. The third-order valence-corrected chi connectivity index (χ3v) is 5.29. The van der Waals surface area contributed by atoms with Gasteiger partial charge in [0, 0.05) is 32.4 Å². The molecule has 5 nitrogen and oxygen atoms in total. The second kappa shape index (κ2) is 5.44. The van der Waals surface area contributed by atoms with Crippen LogP contribution in [0.4, 0.5) is 16.0 Å². The summed E-state index contributed by atoms with van der Waals surface area (Å²) < 4.78 is 13.0. The number of rotatable bonds is 3. The Labute approximate surface area is 135 Å². The van der Waals surface area contributed by atoms with Gasteiger partial charge in [0.05, 0.1) is 6.20 Å². The molecule has 0 bridgehead atoms. The fourth-order valence-corrected chi connectivity index (χ4v) is 3.91. The zero-order valence-corrected chi connectivity index (χ0v) is 13.2. The fraction of sp³-hybridized carbons (Fsp3) is 0.471. The van der Waals surface area contributed by atoms with Crippen molar-refractivity contribution in [3.8, 4) is 0 Å². The number of anilines is 2. The maximum atomic E-state index is 13.0. The molecule has 3 heterocycles. The Balaban J connectivity index is 1.39. The van der Waals surface area contributed by atoms with Crippen LogP contribution in [-0.2, 0) is 0 Å². The summed E-state index contributed by atoms with van der Waals surface area (Å²) in [7, 11) is 2.11. The predicted octanol–water partition coefficient (Wildman–Crippen LogP) is 2.51. The van der Waals surface area contributed by atoms with Gasteiger partial charge >= 0.3 is 0 Å². The highest BCUT2D eigenvalue weighted by molar-refractivity contribution is 5.42. The van der Waals surface area contributed by atoms with Crippen LogP contribution in [0.15, 0.2) is 36.9 Å². The number of nitrogens with zero attached hydrogens (tertiary/aromatic N) is 5. The average Bonchev–Trinajstić information content (AvgIpc) is 3.00. The molecule has 0 aromatic carbocycles. The topological polar surface area (TPSA) is 45.2 Å². The lowest BCUT2D eigenvalue weighted by Gasteiger charge is -2.49. The van der Waals surface area contributed by atoms with Gasteiger partial charge in [-0.3, -0.25) is 0 Å². The molecule has 0 unspecified atom stereocenters. The highest BCUT2D eigenvalue weighted by Gasteiger charge is 2.50. The number of hydrogen-bond acceptors (Lipinski definition) is 5. The van der Waals surface area contributed by atoms with Gasteiger partial charge in [-0.15, -0.1) is 0 Å². The molecule has 2 fully saturated rings. The van der Waals surface area contributed by atoms with Crippen LogP contribution in [0.3, 0.4) is 0 Å². The Morgan fingerprint density at radius 2 is 2.13 bits per heavy atom. The highest BCUT2D eigenvalue weighted by atomic mass is 19.1. The Bertz CT molecular complexity index is 669. The summed E-state index contributed by atoms with van der Waals surface area (Å²) in [5.74, 6) is 1.59. The van der Waals surface area contributed by atoms with Crippen LogP contribution in [-0.4, -0.2) is 41.1 Å². The molecule has 0 radical (unpaired) electrons. The normalized spacial score (nSPS) is 26.3. The molecule has 4 rings (SSSR count). The third-order valence-electron chi connectivity index (χ3n) is 5.29. The lowest BCUT2D eigenvalue weighted by molar-refractivity contribution is 0.128. The van der Waals surface area contributed by atoms with E-state index in [-0.39, 0.29) is 5.82 Å². The van der Waals surface area contributed by atoms with Crippen molar-refractivity contribution < 1.29 is 4.39 Å². The highest BCUT2D eigenvalue weighted by Crippen LogP contribution is 2.50. The first-order valence-corrected chi connectivity index (χ1v) is 8.01. The van der Waals surface area contributed by atoms with Crippen LogP contribution in [0.2, 0.25) is 0 Å². The van der Waals surface area contributed by atoms with Crippen LogP contribution in [0, 0.1) is 11.2 Å². The summed E-state index contributed by atoms with van der Waals surface area (Å²) in [5, 5.41) is 0. The molecule has 120 valence electrons. The van der Waals surface area contributed by atoms with Gasteiger partial charge in [-0.1, -0.05) is 0 Å². The van der Waals surface area contributed by atoms with E-state index in [1.165, 1.54) is 31.5 Å². The largest absolute Gasteiger partial charge is 0.357 e. The molecule has 1 saturated carbocycles. The molecule has 0 atom stereocenters. The summed E-state index contributed by atoms with van der Waals surface area (Å²) in [6.45, 7) is 2.02. The van der Waals surface area contributed by atoms with Crippen LogP contribution < -0.4 is 9.80 Å².